The van der Waals surface area contributed by atoms with Gasteiger partial charge in [0.1, 0.15) is 5.69 Å². The lowest BCUT2D eigenvalue weighted by Gasteiger charge is -1.89. The Balaban J connectivity index is 3.16. The normalized spacial score (nSPS) is 11.4. The van der Waals surface area contributed by atoms with Crippen molar-refractivity contribution in [2.75, 3.05) is 0 Å². The first kappa shape index (κ1) is 8.88. The van der Waals surface area contributed by atoms with Crippen LogP contribution in [0.15, 0.2) is 22.3 Å². The van der Waals surface area contributed by atoms with Crippen molar-refractivity contribution in [2.45, 2.75) is 11.5 Å². The van der Waals surface area contributed by atoms with E-state index in [1.165, 1.54) is 6.08 Å². The van der Waals surface area contributed by atoms with E-state index in [0.717, 1.165) is 0 Å². The molecule has 0 radical (unpaired) electrons. The third-order valence-electron chi connectivity index (χ3n) is 1.09. The molecule has 1 heterocycles. The van der Waals surface area contributed by atoms with Gasteiger partial charge in [0.15, 0.2) is 0 Å². The highest BCUT2D eigenvalue weighted by molar-refractivity contribution is 7.85. The Morgan fingerprint density at radius 3 is 2.83 bits per heavy atom. The van der Waals surface area contributed by atoms with Crippen LogP contribution in [0.2, 0.25) is 0 Å². The minimum Gasteiger partial charge on any atom is -0.322 e. The maximum absolute atomic E-state index is 10.5. The van der Waals surface area contributed by atoms with Gasteiger partial charge in [0.25, 0.3) is 0 Å². The third kappa shape index (κ3) is 1.69. The van der Waals surface area contributed by atoms with E-state index >= 15 is 0 Å². The van der Waals surface area contributed by atoms with Gasteiger partial charge in [0, 0.05) is 11.7 Å². The Morgan fingerprint density at radius 1 is 1.67 bits per heavy atom. The van der Waals surface area contributed by atoms with Crippen molar-refractivity contribution in [3.8, 4) is 0 Å². The molecule has 0 fully saturated rings. The molecule has 1 N–H and O–H groups in total. The molecule has 7 heteroatoms. The topological polar surface area (TPSA) is 93.3 Å². The van der Waals surface area contributed by atoms with Crippen LogP contribution in [0.3, 0.4) is 0 Å². The Bertz CT molecular complexity index is 380. The van der Waals surface area contributed by atoms with Crippen LogP contribution in [0.1, 0.15) is 5.69 Å². The molecule has 6 nitrogen and oxygen atoms in total. The van der Waals surface area contributed by atoms with E-state index in [0.29, 0.717) is 0 Å². The molecular weight excluding hydrogens is 184 g/mol. The van der Waals surface area contributed by atoms with Gasteiger partial charge in [-0.3, -0.25) is 4.55 Å². The van der Waals surface area contributed by atoms with Crippen LogP contribution in [0, 0.1) is 0 Å². The molecule has 0 amide bonds. The second-order valence-electron chi connectivity index (χ2n) is 1.97. The smallest absolute Gasteiger partial charge is 0.322 e. The molecule has 66 valence electrons. The van der Waals surface area contributed by atoms with Crippen LogP contribution in [0.4, 0.5) is 0 Å². The molecule has 0 aliphatic rings. The zero-order valence-corrected chi connectivity index (χ0v) is 6.78. The van der Waals surface area contributed by atoms with E-state index in [9.17, 15) is 8.42 Å². The number of hydrogen-bond donors (Lipinski definition) is 1. The van der Waals surface area contributed by atoms with Gasteiger partial charge in [-0.1, -0.05) is 6.08 Å². The zero-order chi connectivity index (χ0) is 9.19. The van der Waals surface area contributed by atoms with Crippen molar-refractivity contribution in [1.29, 1.82) is 0 Å². The lowest BCUT2D eigenvalue weighted by molar-refractivity contribution is 0.309. The van der Waals surface area contributed by atoms with Gasteiger partial charge in [-0.05, 0) is 0 Å². The van der Waals surface area contributed by atoms with Gasteiger partial charge in [-0.2, -0.15) is 8.42 Å². The molecule has 0 bridgehead atoms. The summed E-state index contributed by atoms with van der Waals surface area (Å²) >= 11 is 0. The Kier molecular flexibility index (Phi) is 2.25. The minimum atomic E-state index is -4.35. The number of nitrogens with zero attached hydrogens (tertiary/aromatic N) is 2. The highest BCUT2D eigenvalue weighted by Crippen LogP contribution is 2.12. The van der Waals surface area contributed by atoms with Crippen molar-refractivity contribution in [2.24, 2.45) is 0 Å². The first-order chi connectivity index (χ1) is 5.55. The average Bonchev–Trinajstić information content (AvgIpc) is 2.34. The molecule has 1 aromatic heterocycles. The number of allylic oxidation sites excluding steroid dienone is 1. The molecule has 1 aromatic rings. The van der Waals surface area contributed by atoms with Gasteiger partial charge < -0.3 is 4.52 Å². The monoisotopic (exact) mass is 190 g/mol. The van der Waals surface area contributed by atoms with Crippen molar-refractivity contribution in [3.05, 3.63) is 18.3 Å². The van der Waals surface area contributed by atoms with Crippen LogP contribution in [-0.4, -0.2) is 23.3 Å². The lowest BCUT2D eigenvalue weighted by atomic mass is 10.3. The standard InChI is InChI=1S/C5H6N2O4S/c1-2-3-4-5(11-7-6-4)12(8,9)10/h2H,1,3H2,(H,8,9,10). The maximum Gasteiger partial charge on any atom is 0.333 e. The Hall–Kier alpha value is -1.21. The van der Waals surface area contributed by atoms with E-state index in [4.69, 9.17) is 4.55 Å². The fourth-order valence-corrected chi connectivity index (χ4v) is 1.21. The molecule has 0 aromatic carbocycles. The molecule has 0 aliphatic heterocycles. The third-order valence-corrected chi connectivity index (χ3v) is 1.87. The first-order valence-corrected chi connectivity index (χ1v) is 4.39. The van der Waals surface area contributed by atoms with Crippen LogP contribution >= 0.6 is 0 Å². The van der Waals surface area contributed by atoms with Crippen LogP contribution in [0.25, 0.3) is 0 Å². The quantitative estimate of drug-likeness (QED) is 0.534. The van der Waals surface area contributed by atoms with Crippen molar-refractivity contribution >= 4 is 10.1 Å². The molecule has 0 saturated heterocycles. The van der Waals surface area contributed by atoms with Crippen molar-refractivity contribution in [1.82, 2.24) is 10.4 Å². The van der Waals surface area contributed by atoms with Crippen LogP contribution in [0.5, 0.6) is 0 Å². The molecule has 0 unspecified atom stereocenters. The summed E-state index contributed by atoms with van der Waals surface area (Å²) in [5.74, 6) is 0. The largest absolute Gasteiger partial charge is 0.333 e. The van der Waals surface area contributed by atoms with Gasteiger partial charge >= 0.3 is 15.2 Å². The molecule has 12 heavy (non-hydrogen) atoms. The molecule has 0 saturated carbocycles. The molecular formula is C5H6N2O4S. The van der Waals surface area contributed by atoms with E-state index in [2.05, 4.69) is 21.5 Å². The molecule has 0 aliphatic carbocycles. The summed E-state index contributed by atoms with van der Waals surface area (Å²) in [5, 5.41) is 5.72. The second kappa shape index (κ2) is 3.03. The fraction of sp³-hybridized carbons (Fsp3) is 0.200. The van der Waals surface area contributed by atoms with E-state index in [1.807, 2.05) is 0 Å². The SMILES string of the molecule is C=CCc1nnoc1S(=O)(=O)O. The predicted molar refractivity (Wildman–Crippen MR) is 38.0 cm³/mol. The van der Waals surface area contributed by atoms with E-state index in [-0.39, 0.29) is 12.1 Å². The summed E-state index contributed by atoms with van der Waals surface area (Å²) in [7, 11) is -4.35. The number of rotatable bonds is 3. The van der Waals surface area contributed by atoms with E-state index < -0.39 is 15.2 Å². The van der Waals surface area contributed by atoms with Gasteiger partial charge in [-0.25, -0.2) is 0 Å². The van der Waals surface area contributed by atoms with Crippen molar-refractivity contribution < 1.29 is 17.5 Å². The minimum absolute atomic E-state index is 0.0486. The highest BCUT2D eigenvalue weighted by atomic mass is 32.2. The predicted octanol–water partition coefficient (Wildman–Crippen LogP) is 0.0448. The fourth-order valence-electron chi connectivity index (χ4n) is 0.657. The Labute approximate surface area is 68.6 Å². The average molecular weight is 190 g/mol. The van der Waals surface area contributed by atoms with Crippen LogP contribution < -0.4 is 0 Å². The summed E-state index contributed by atoms with van der Waals surface area (Å²) in [6.45, 7) is 3.37. The Morgan fingerprint density at radius 2 is 2.33 bits per heavy atom. The molecule has 1 rings (SSSR count). The summed E-state index contributed by atoms with van der Waals surface area (Å²) < 4.78 is 33.9. The summed E-state index contributed by atoms with van der Waals surface area (Å²) in [4.78, 5) is 0. The summed E-state index contributed by atoms with van der Waals surface area (Å²) in [6.07, 6.45) is 1.60. The number of aromatic nitrogens is 2. The van der Waals surface area contributed by atoms with E-state index in [1.54, 1.807) is 0 Å². The lowest BCUT2D eigenvalue weighted by Crippen LogP contribution is -2.00. The first-order valence-electron chi connectivity index (χ1n) is 2.95. The van der Waals surface area contributed by atoms with Gasteiger partial charge in [0.2, 0.25) is 0 Å². The van der Waals surface area contributed by atoms with Crippen molar-refractivity contribution in [3.63, 3.8) is 0 Å². The van der Waals surface area contributed by atoms with Crippen LogP contribution in [-0.2, 0) is 16.5 Å². The van der Waals surface area contributed by atoms with Gasteiger partial charge in [-0.15, -0.1) is 11.7 Å². The van der Waals surface area contributed by atoms with Gasteiger partial charge in [0.05, 0.1) is 0 Å². The maximum atomic E-state index is 10.5. The molecule has 0 spiro atoms. The number of hydrogen-bond acceptors (Lipinski definition) is 5. The molecule has 0 atom stereocenters. The second-order valence-corrected chi connectivity index (χ2v) is 3.30. The summed E-state index contributed by atoms with van der Waals surface area (Å²) in [5.41, 5.74) is 0.0486. The zero-order valence-electron chi connectivity index (χ0n) is 5.97. The highest BCUT2D eigenvalue weighted by Gasteiger charge is 2.21. The summed E-state index contributed by atoms with van der Waals surface area (Å²) in [6, 6.07) is 0.